The summed E-state index contributed by atoms with van der Waals surface area (Å²) >= 11 is 6.14. The molecule has 0 bridgehead atoms. The molecule has 0 unspecified atom stereocenters. The molecular formula is C27H25ClN2O2. The lowest BCUT2D eigenvalue weighted by Crippen LogP contribution is -2.18. The van der Waals surface area contributed by atoms with Gasteiger partial charge in [0.1, 0.15) is 5.76 Å². The maximum Gasteiger partial charge on any atom is 0.229 e. The zero-order valence-electron chi connectivity index (χ0n) is 18.6. The van der Waals surface area contributed by atoms with Crippen molar-refractivity contribution in [3.63, 3.8) is 0 Å². The number of pyridine rings is 1. The molecule has 0 aliphatic carbocycles. The molecule has 0 saturated heterocycles. The molecule has 0 fully saturated rings. The van der Waals surface area contributed by atoms with E-state index in [0.29, 0.717) is 22.2 Å². The van der Waals surface area contributed by atoms with Crippen LogP contribution >= 0.6 is 11.6 Å². The number of hydrogen-bond donors (Lipinski definition) is 1. The minimum absolute atomic E-state index is 0.0659. The molecule has 1 N–H and O–H groups in total. The normalized spacial score (nSPS) is 11.2. The number of anilines is 1. The highest BCUT2D eigenvalue weighted by Crippen LogP contribution is 2.39. The fraction of sp³-hybridized carbons (Fsp3) is 0.185. The van der Waals surface area contributed by atoms with Crippen molar-refractivity contribution in [2.45, 2.75) is 27.7 Å². The zero-order valence-corrected chi connectivity index (χ0v) is 19.4. The van der Waals surface area contributed by atoms with Gasteiger partial charge in [-0.15, -0.1) is 0 Å². The van der Waals surface area contributed by atoms with Gasteiger partial charge in [0.25, 0.3) is 0 Å². The molecule has 0 aliphatic rings. The Morgan fingerprint density at radius 1 is 1.09 bits per heavy atom. The number of nitrogens with one attached hydrogen (secondary N) is 1. The summed E-state index contributed by atoms with van der Waals surface area (Å²) in [4.78, 5) is 17.3. The topological polar surface area (TPSA) is 55.1 Å². The third kappa shape index (κ3) is 4.06. The van der Waals surface area contributed by atoms with Crippen molar-refractivity contribution < 1.29 is 9.21 Å². The lowest BCUT2D eigenvalue weighted by atomic mass is 9.94. The number of rotatable bonds is 5. The van der Waals surface area contributed by atoms with Crippen molar-refractivity contribution in [2.75, 3.05) is 5.32 Å². The first kappa shape index (κ1) is 21.8. The summed E-state index contributed by atoms with van der Waals surface area (Å²) in [5.74, 6) is 0.413. The van der Waals surface area contributed by atoms with Gasteiger partial charge in [-0.25, -0.2) is 4.98 Å². The summed E-state index contributed by atoms with van der Waals surface area (Å²) < 4.78 is 5.97. The number of carbonyl (C=O) groups excluding carboxylic acids is 1. The van der Waals surface area contributed by atoms with Crippen molar-refractivity contribution in [3.8, 4) is 22.4 Å². The van der Waals surface area contributed by atoms with Crippen molar-refractivity contribution in [2.24, 2.45) is 5.92 Å². The number of halogens is 1. The van der Waals surface area contributed by atoms with E-state index in [2.05, 4.69) is 31.0 Å². The van der Waals surface area contributed by atoms with Crippen LogP contribution < -0.4 is 5.32 Å². The molecule has 0 aliphatic heterocycles. The van der Waals surface area contributed by atoms with Gasteiger partial charge in [0.15, 0.2) is 0 Å². The van der Waals surface area contributed by atoms with E-state index in [1.165, 1.54) is 0 Å². The number of aryl methyl sites for hydroxylation is 2. The fourth-order valence-electron chi connectivity index (χ4n) is 3.70. The minimum Gasteiger partial charge on any atom is -0.441 e. The van der Waals surface area contributed by atoms with Gasteiger partial charge >= 0.3 is 0 Å². The molecule has 0 spiro atoms. The average Bonchev–Trinajstić information content (AvgIpc) is 3.07. The minimum atomic E-state index is -0.145. The number of amides is 1. The predicted molar refractivity (Wildman–Crippen MR) is 133 cm³/mol. The number of benzene rings is 2. The molecule has 32 heavy (non-hydrogen) atoms. The van der Waals surface area contributed by atoms with Crippen LogP contribution in [0.5, 0.6) is 0 Å². The molecule has 2 aromatic heterocycles. The predicted octanol–water partition coefficient (Wildman–Crippen LogP) is 7.67. The van der Waals surface area contributed by atoms with Crippen LogP contribution in [0, 0.1) is 19.8 Å². The maximum atomic E-state index is 12.4. The smallest absolute Gasteiger partial charge is 0.229 e. The first-order valence-corrected chi connectivity index (χ1v) is 10.9. The van der Waals surface area contributed by atoms with Crippen molar-refractivity contribution >= 4 is 40.4 Å². The Balaban J connectivity index is 1.98. The second kappa shape index (κ2) is 8.64. The highest BCUT2D eigenvalue weighted by molar-refractivity contribution is 6.30. The SMILES string of the molecule is C=Cc1ccc(-c2nc3oc(C)c(NC(=O)C(C)C)c3cc2-c2ccc(Cl)cc2)c(C)c1. The van der Waals surface area contributed by atoms with E-state index < -0.39 is 0 Å². The molecule has 0 atom stereocenters. The van der Waals surface area contributed by atoms with Crippen LogP contribution in [0.25, 0.3) is 39.6 Å². The molecule has 1 amide bonds. The van der Waals surface area contributed by atoms with E-state index in [9.17, 15) is 4.79 Å². The molecule has 0 radical (unpaired) electrons. The highest BCUT2D eigenvalue weighted by Gasteiger charge is 2.21. The third-order valence-corrected chi connectivity index (χ3v) is 5.78. The molecule has 4 nitrogen and oxygen atoms in total. The number of hydrogen-bond acceptors (Lipinski definition) is 3. The van der Waals surface area contributed by atoms with Crippen molar-refractivity contribution in [1.82, 2.24) is 4.98 Å². The maximum absolute atomic E-state index is 12.4. The van der Waals surface area contributed by atoms with Crippen molar-refractivity contribution in [3.05, 3.63) is 77.0 Å². The third-order valence-electron chi connectivity index (χ3n) is 5.53. The summed E-state index contributed by atoms with van der Waals surface area (Å²) in [7, 11) is 0. The summed E-state index contributed by atoms with van der Waals surface area (Å²) in [6, 6.07) is 15.9. The van der Waals surface area contributed by atoms with E-state index in [1.54, 1.807) is 0 Å². The number of fused-ring (bicyclic) bond motifs is 1. The molecule has 4 aromatic rings. The lowest BCUT2D eigenvalue weighted by Gasteiger charge is -2.13. The van der Waals surface area contributed by atoms with E-state index in [4.69, 9.17) is 21.0 Å². The van der Waals surface area contributed by atoms with Gasteiger partial charge < -0.3 is 9.73 Å². The Morgan fingerprint density at radius 2 is 1.81 bits per heavy atom. The van der Waals surface area contributed by atoms with E-state index in [-0.39, 0.29) is 11.8 Å². The lowest BCUT2D eigenvalue weighted by molar-refractivity contribution is -0.118. The Labute approximate surface area is 192 Å². The van der Waals surface area contributed by atoms with Crippen LogP contribution in [0.1, 0.15) is 30.7 Å². The largest absolute Gasteiger partial charge is 0.441 e. The highest BCUT2D eigenvalue weighted by atomic mass is 35.5. The second-order valence-corrected chi connectivity index (χ2v) is 8.64. The Hall–Kier alpha value is -3.37. The van der Waals surface area contributed by atoms with Gasteiger partial charge in [0, 0.05) is 22.1 Å². The second-order valence-electron chi connectivity index (χ2n) is 8.20. The molecule has 162 valence electrons. The van der Waals surface area contributed by atoms with Crippen LogP contribution in [0.3, 0.4) is 0 Å². The van der Waals surface area contributed by atoms with E-state index in [1.807, 2.05) is 63.2 Å². The number of carbonyl (C=O) groups is 1. The van der Waals surface area contributed by atoms with Crippen LogP contribution in [-0.4, -0.2) is 10.9 Å². The summed E-state index contributed by atoms with van der Waals surface area (Å²) in [5.41, 5.74) is 7.00. The monoisotopic (exact) mass is 444 g/mol. The molecule has 2 heterocycles. The number of furan rings is 1. The average molecular weight is 445 g/mol. The molecule has 4 rings (SSSR count). The molecule has 5 heteroatoms. The fourth-order valence-corrected chi connectivity index (χ4v) is 3.82. The van der Waals surface area contributed by atoms with Crippen LogP contribution in [0.15, 0.2) is 59.5 Å². The summed E-state index contributed by atoms with van der Waals surface area (Å²) in [5, 5.41) is 4.44. The Kier molecular flexibility index (Phi) is 5.90. The van der Waals surface area contributed by atoms with Gasteiger partial charge in [0.05, 0.1) is 16.8 Å². The van der Waals surface area contributed by atoms with Crippen LogP contribution in [0.4, 0.5) is 5.69 Å². The van der Waals surface area contributed by atoms with Gasteiger partial charge in [-0.2, -0.15) is 0 Å². The number of aromatic nitrogens is 1. The van der Waals surface area contributed by atoms with E-state index in [0.717, 1.165) is 38.9 Å². The van der Waals surface area contributed by atoms with Gasteiger partial charge in [-0.3, -0.25) is 4.79 Å². The molecule has 0 saturated carbocycles. The quantitative estimate of drug-likeness (QED) is 0.343. The Bertz CT molecular complexity index is 1330. The van der Waals surface area contributed by atoms with Crippen molar-refractivity contribution in [1.29, 1.82) is 0 Å². The zero-order chi connectivity index (χ0) is 23.0. The summed E-state index contributed by atoms with van der Waals surface area (Å²) in [6.45, 7) is 11.5. The van der Waals surface area contributed by atoms with Crippen LogP contribution in [-0.2, 0) is 4.79 Å². The Morgan fingerprint density at radius 3 is 2.44 bits per heavy atom. The first-order chi connectivity index (χ1) is 15.3. The first-order valence-electron chi connectivity index (χ1n) is 10.5. The number of nitrogens with zero attached hydrogens (tertiary/aromatic N) is 1. The van der Waals surface area contributed by atoms with E-state index >= 15 is 0 Å². The van der Waals surface area contributed by atoms with Gasteiger partial charge in [-0.1, -0.05) is 68.4 Å². The van der Waals surface area contributed by atoms with Gasteiger partial charge in [-0.05, 0) is 48.7 Å². The molecular weight excluding hydrogens is 420 g/mol. The standard InChI is InChI=1S/C27H25ClN2O2/c1-6-18-7-12-21(16(4)13-18)25-22(19-8-10-20(28)11-9-19)14-23-24(29-26(31)15(2)3)17(5)32-27(23)30-25/h6-15H,1H2,2-5H3,(H,29,31). The van der Waals surface area contributed by atoms with Gasteiger partial charge in [0.2, 0.25) is 11.6 Å². The summed E-state index contributed by atoms with van der Waals surface area (Å²) in [6.07, 6.45) is 1.83. The van der Waals surface area contributed by atoms with Crippen LogP contribution in [0.2, 0.25) is 5.02 Å². The molecule has 2 aromatic carbocycles.